The van der Waals surface area contributed by atoms with Gasteiger partial charge in [-0.3, -0.25) is 10.1 Å². The van der Waals surface area contributed by atoms with E-state index >= 15 is 4.39 Å². The van der Waals surface area contributed by atoms with E-state index in [1.54, 1.807) is 30.6 Å². The molecular weight excluding hydrogens is 478 g/mol. The minimum atomic E-state index is -0.447. The molecule has 5 rings (SSSR count). The number of aryl methyl sites for hydroxylation is 1. The van der Waals surface area contributed by atoms with Crippen LogP contribution in [0.15, 0.2) is 61.5 Å². The largest absolute Gasteiger partial charge is 0.382 e. The van der Waals surface area contributed by atoms with Gasteiger partial charge in [-0.1, -0.05) is 18.7 Å². The summed E-state index contributed by atoms with van der Waals surface area (Å²) in [5, 5.41) is 10.8. The lowest BCUT2D eigenvalue weighted by atomic mass is 10.0. The normalized spacial score (nSPS) is 12.0. The Hall–Kier alpha value is -4.11. The zero-order chi connectivity index (χ0) is 25.4. The quantitative estimate of drug-likeness (QED) is 0.207. The van der Waals surface area contributed by atoms with Crippen LogP contribution in [-0.4, -0.2) is 31.2 Å². The maximum absolute atomic E-state index is 15.1. The summed E-state index contributed by atoms with van der Waals surface area (Å²) < 4.78 is 28.8. The van der Waals surface area contributed by atoms with Gasteiger partial charge in [0.25, 0.3) is 0 Å². The molecule has 0 saturated carbocycles. The SMILES string of the molecule is C=C/C=C(/c1ccc(F)s1)c1nc(-c2[nH]nc3c(F)cc(-c4cncc(NC(C)C)c4)cc23)[nH]c1C. The number of fused-ring (bicyclic) bond motifs is 1. The first kappa shape index (κ1) is 23.6. The lowest BCUT2D eigenvalue weighted by Gasteiger charge is -2.11. The van der Waals surface area contributed by atoms with E-state index in [9.17, 15) is 4.39 Å². The number of nitrogens with zero attached hydrogens (tertiary/aromatic N) is 3. The molecule has 6 nitrogen and oxygen atoms in total. The summed E-state index contributed by atoms with van der Waals surface area (Å²) in [6.07, 6.45) is 6.88. The van der Waals surface area contributed by atoms with Gasteiger partial charge in [0, 0.05) is 45.5 Å². The number of anilines is 1. The highest BCUT2D eigenvalue weighted by Crippen LogP contribution is 2.35. The molecule has 4 aromatic heterocycles. The third-order valence-corrected chi connectivity index (χ3v) is 6.55. The van der Waals surface area contributed by atoms with Crippen LogP contribution in [0.5, 0.6) is 0 Å². The lowest BCUT2D eigenvalue weighted by molar-refractivity contribution is 0.636. The van der Waals surface area contributed by atoms with Gasteiger partial charge in [0.15, 0.2) is 16.8 Å². The van der Waals surface area contributed by atoms with Crippen molar-refractivity contribution in [2.75, 3.05) is 5.32 Å². The van der Waals surface area contributed by atoms with Crippen LogP contribution >= 0.6 is 11.3 Å². The number of rotatable bonds is 7. The van der Waals surface area contributed by atoms with E-state index in [0.29, 0.717) is 28.2 Å². The van der Waals surface area contributed by atoms with Gasteiger partial charge in [0.1, 0.15) is 11.2 Å². The topological polar surface area (TPSA) is 82.3 Å². The van der Waals surface area contributed by atoms with Crippen LogP contribution in [0.25, 0.3) is 39.1 Å². The van der Waals surface area contributed by atoms with Crippen LogP contribution in [0, 0.1) is 17.9 Å². The molecule has 0 spiro atoms. The molecule has 0 bridgehead atoms. The number of allylic oxidation sites excluding steroid dienone is 2. The monoisotopic (exact) mass is 502 g/mol. The van der Waals surface area contributed by atoms with Crippen molar-refractivity contribution in [3.8, 4) is 22.6 Å². The van der Waals surface area contributed by atoms with Crippen LogP contribution < -0.4 is 5.32 Å². The average molecular weight is 503 g/mol. The van der Waals surface area contributed by atoms with Crippen molar-refractivity contribution < 1.29 is 8.78 Å². The third-order valence-electron chi connectivity index (χ3n) is 5.64. The number of aromatic amines is 2. The van der Waals surface area contributed by atoms with Crippen LogP contribution in [0.4, 0.5) is 14.5 Å². The smallest absolute Gasteiger partial charge is 0.176 e. The Morgan fingerprint density at radius 3 is 2.69 bits per heavy atom. The molecule has 182 valence electrons. The summed E-state index contributed by atoms with van der Waals surface area (Å²) in [6, 6.07) is 8.65. The molecule has 36 heavy (non-hydrogen) atoms. The summed E-state index contributed by atoms with van der Waals surface area (Å²) in [4.78, 5) is 13.1. The van der Waals surface area contributed by atoms with Crippen molar-refractivity contribution in [3.05, 3.63) is 88.7 Å². The van der Waals surface area contributed by atoms with Gasteiger partial charge in [-0.2, -0.15) is 9.49 Å². The van der Waals surface area contributed by atoms with E-state index in [2.05, 4.69) is 32.1 Å². The number of imidazole rings is 1. The number of hydrogen-bond donors (Lipinski definition) is 3. The van der Waals surface area contributed by atoms with E-state index < -0.39 is 5.82 Å². The molecule has 4 heterocycles. The Labute approximate surface area is 210 Å². The summed E-state index contributed by atoms with van der Waals surface area (Å²) in [7, 11) is 0. The zero-order valence-electron chi connectivity index (χ0n) is 20.0. The summed E-state index contributed by atoms with van der Waals surface area (Å²) in [5.41, 5.74) is 5.26. The number of benzene rings is 1. The fourth-order valence-electron chi connectivity index (χ4n) is 4.13. The first-order valence-corrected chi connectivity index (χ1v) is 12.2. The molecule has 0 amide bonds. The Morgan fingerprint density at radius 1 is 1.14 bits per heavy atom. The van der Waals surface area contributed by atoms with Crippen LogP contribution in [0.2, 0.25) is 0 Å². The Balaban J connectivity index is 1.60. The van der Waals surface area contributed by atoms with Gasteiger partial charge in [0.2, 0.25) is 0 Å². The summed E-state index contributed by atoms with van der Waals surface area (Å²) in [5.74, 6) is 0.0546. The van der Waals surface area contributed by atoms with Gasteiger partial charge in [0.05, 0.1) is 11.4 Å². The molecule has 0 atom stereocenters. The molecule has 0 saturated heterocycles. The van der Waals surface area contributed by atoms with E-state index in [0.717, 1.165) is 38.7 Å². The predicted octanol–water partition coefficient (Wildman–Crippen LogP) is 7.10. The highest BCUT2D eigenvalue weighted by Gasteiger charge is 2.20. The molecule has 0 aliphatic carbocycles. The molecule has 0 aliphatic heterocycles. The number of aromatic nitrogens is 5. The fourth-order valence-corrected chi connectivity index (χ4v) is 4.89. The number of hydrogen-bond acceptors (Lipinski definition) is 5. The van der Waals surface area contributed by atoms with Gasteiger partial charge in [-0.25, -0.2) is 9.37 Å². The Bertz CT molecular complexity index is 1610. The Kier molecular flexibility index (Phi) is 6.24. The standard InChI is InChI=1S/C27H24F2N6S/c1-5-6-19(22-7-8-23(29)36-22)24-15(4)32-27(33-24)26-20-10-16(11-21(28)25(20)34-35-26)17-9-18(13-30-12-17)31-14(2)3/h5-14,31H,1H2,2-4H3,(H,32,33)(H,34,35)/b19-6-. The van der Waals surface area contributed by atoms with Crippen molar-refractivity contribution in [1.29, 1.82) is 0 Å². The zero-order valence-corrected chi connectivity index (χ0v) is 20.8. The average Bonchev–Trinajstić information content (AvgIpc) is 3.55. The van der Waals surface area contributed by atoms with E-state index in [-0.39, 0.29) is 16.7 Å². The minimum absolute atomic E-state index is 0.218. The highest BCUT2D eigenvalue weighted by molar-refractivity contribution is 7.11. The predicted molar refractivity (Wildman–Crippen MR) is 142 cm³/mol. The molecular formula is C27H24F2N6S. The number of nitrogens with one attached hydrogen (secondary N) is 3. The molecule has 3 N–H and O–H groups in total. The van der Waals surface area contributed by atoms with Crippen molar-refractivity contribution in [2.24, 2.45) is 0 Å². The van der Waals surface area contributed by atoms with Gasteiger partial charge in [-0.15, -0.1) is 11.3 Å². The second-order valence-electron chi connectivity index (χ2n) is 8.69. The van der Waals surface area contributed by atoms with Crippen molar-refractivity contribution >= 4 is 33.5 Å². The number of thiophene rings is 1. The molecule has 9 heteroatoms. The van der Waals surface area contributed by atoms with Gasteiger partial charge in [-0.05, 0) is 56.7 Å². The van der Waals surface area contributed by atoms with Crippen molar-refractivity contribution in [1.82, 2.24) is 25.1 Å². The first-order chi connectivity index (χ1) is 17.3. The maximum atomic E-state index is 15.1. The molecule has 1 aromatic carbocycles. The number of pyridine rings is 1. The van der Waals surface area contributed by atoms with Crippen molar-refractivity contribution in [3.63, 3.8) is 0 Å². The summed E-state index contributed by atoms with van der Waals surface area (Å²) in [6.45, 7) is 9.75. The molecule has 5 aromatic rings. The number of halogens is 2. The number of H-pyrrole nitrogens is 2. The van der Waals surface area contributed by atoms with E-state index in [1.165, 1.54) is 12.1 Å². The molecule has 0 unspecified atom stereocenters. The van der Waals surface area contributed by atoms with Crippen LogP contribution in [0.1, 0.15) is 30.1 Å². The molecule has 0 fully saturated rings. The third kappa shape index (κ3) is 4.45. The Morgan fingerprint density at radius 2 is 1.97 bits per heavy atom. The highest BCUT2D eigenvalue weighted by atomic mass is 32.1. The second kappa shape index (κ2) is 9.50. The lowest BCUT2D eigenvalue weighted by Crippen LogP contribution is -2.09. The molecule has 0 radical (unpaired) electrons. The first-order valence-electron chi connectivity index (χ1n) is 11.4. The van der Waals surface area contributed by atoms with Crippen LogP contribution in [0.3, 0.4) is 0 Å². The van der Waals surface area contributed by atoms with Crippen LogP contribution in [-0.2, 0) is 0 Å². The summed E-state index contributed by atoms with van der Waals surface area (Å²) >= 11 is 1.04. The van der Waals surface area contributed by atoms with Gasteiger partial charge < -0.3 is 10.3 Å². The fraction of sp³-hybridized carbons (Fsp3) is 0.148. The second-order valence-corrected chi connectivity index (χ2v) is 9.73. The maximum Gasteiger partial charge on any atom is 0.176 e. The van der Waals surface area contributed by atoms with E-state index in [4.69, 9.17) is 4.98 Å². The van der Waals surface area contributed by atoms with Crippen molar-refractivity contribution in [2.45, 2.75) is 26.8 Å². The molecule has 0 aliphatic rings. The van der Waals surface area contributed by atoms with E-state index in [1.807, 2.05) is 32.9 Å². The minimum Gasteiger partial charge on any atom is -0.382 e. The van der Waals surface area contributed by atoms with Gasteiger partial charge >= 0.3 is 0 Å².